The Kier molecular flexibility index (Phi) is 3.71. The molecule has 0 aromatic heterocycles. The summed E-state index contributed by atoms with van der Waals surface area (Å²) in [5, 5.41) is 12.6. The van der Waals surface area contributed by atoms with E-state index < -0.39 is 24.0 Å². The van der Waals surface area contributed by atoms with Crippen LogP contribution in [0.3, 0.4) is 0 Å². The standard InChI is InChI=1S/C7H10FN4O3P/c8-6-3-5(4-11-16(9,10)15)1-2-7(6)12(13)14/h1-3H,4H2,(H5,9,10,11,15). The third kappa shape index (κ3) is 3.67. The molecule has 1 rings (SSSR count). The molecular formula is C7H10FN4O3P. The van der Waals surface area contributed by atoms with E-state index in [0.717, 1.165) is 12.1 Å². The van der Waals surface area contributed by atoms with Crippen LogP contribution in [-0.2, 0) is 11.1 Å². The number of nitrogens with one attached hydrogen (secondary N) is 1. The normalized spacial score (nSPS) is 11.4. The van der Waals surface area contributed by atoms with Crippen molar-refractivity contribution in [3.63, 3.8) is 0 Å². The first kappa shape index (κ1) is 12.7. The fourth-order valence-electron chi connectivity index (χ4n) is 1.02. The van der Waals surface area contributed by atoms with Crippen molar-refractivity contribution >= 4 is 13.3 Å². The summed E-state index contributed by atoms with van der Waals surface area (Å²) in [6.07, 6.45) is 0. The molecule has 1 aromatic carbocycles. The van der Waals surface area contributed by atoms with Gasteiger partial charge in [-0.15, -0.1) is 0 Å². The van der Waals surface area contributed by atoms with Crippen LogP contribution in [0.4, 0.5) is 10.1 Å². The van der Waals surface area contributed by atoms with Gasteiger partial charge >= 0.3 is 5.69 Å². The summed E-state index contributed by atoms with van der Waals surface area (Å²) >= 11 is 0. The van der Waals surface area contributed by atoms with Gasteiger partial charge in [-0.2, -0.15) is 4.39 Å². The van der Waals surface area contributed by atoms with E-state index in [0.29, 0.717) is 5.56 Å². The van der Waals surface area contributed by atoms with E-state index in [2.05, 4.69) is 5.09 Å². The van der Waals surface area contributed by atoms with Gasteiger partial charge in [0.25, 0.3) is 7.59 Å². The largest absolute Gasteiger partial charge is 0.304 e. The Morgan fingerprint density at radius 3 is 2.56 bits per heavy atom. The van der Waals surface area contributed by atoms with Gasteiger partial charge in [0.15, 0.2) is 0 Å². The molecule has 0 aliphatic heterocycles. The molecule has 0 amide bonds. The van der Waals surface area contributed by atoms with Gasteiger partial charge in [-0.25, -0.2) is 5.09 Å². The lowest BCUT2D eigenvalue weighted by Gasteiger charge is -2.08. The van der Waals surface area contributed by atoms with Crippen LogP contribution in [-0.4, -0.2) is 4.92 Å². The molecule has 0 fully saturated rings. The number of nitro groups is 1. The molecule has 5 N–H and O–H groups in total. The zero-order chi connectivity index (χ0) is 12.3. The summed E-state index contributed by atoms with van der Waals surface area (Å²) < 4.78 is 24.0. The summed E-state index contributed by atoms with van der Waals surface area (Å²) in [4.78, 5) is 9.49. The van der Waals surface area contributed by atoms with Crippen molar-refractivity contribution in [3.8, 4) is 0 Å². The minimum Gasteiger partial charge on any atom is -0.271 e. The highest BCUT2D eigenvalue weighted by Gasteiger charge is 2.14. The summed E-state index contributed by atoms with van der Waals surface area (Å²) in [5.74, 6) is -0.965. The highest BCUT2D eigenvalue weighted by molar-refractivity contribution is 7.56. The Morgan fingerprint density at radius 1 is 1.50 bits per heavy atom. The molecule has 1 aromatic rings. The highest BCUT2D eigenvalue weighted by atomic mass is 31.2. The quantitative estimate of drug-likeness (QED) is 0.412. The SMILES string of the molecule is NP(N)(=O)NCc1ccc([N+](=O)[O-])c(F)c1. The molecule has 0 spiro atoms. The van der Waals surface area contributed by atoms with Crippen LogP contribution in [0.1, 0.15) is 5.56 Å². The monoisotopic (exact) mass is 248 g/mol. The second-order valence-electron chi connectivity index (χ2n) is 3.09. The lowest BCUT2D eigenvalue weighted by molar-refractivity contribution is -0.387. The zero-order valence-corrected chi connectivity index (χ0v) is 8.99. The van der Waals surface area contributed by atoms with Gasteiger partial charge in [0.1, 0.15) is 0 Å². The summed E-state index contributed by atoms with van der Waals surface area (Å²) in [6, 6.07) is 3.30. The topological polar surface area (TPSA) is 124 Å². The molecule has 0 aliphatic rings. The summed E-state index contributed by atoms with van der Waals surface area (Å²) in [7, 11) is -3.38. The minimum atomic E-state index is -3.38. The Balaban J connectivity index is 2.82. The fraction of sp³-hybridized carbons (Fsp3) is 0.143. The second kappa shape index (κ2) is 4.67. The van der Waals surface area contributed by atoms with Crippen LogP contribution in [0.25, 0.3) is 0 Å². The molecule has 0 unspecified atom stereocenters. The van der Waals surface area contributed by atoms with Crippen molar-refractivity contribution in [1.82, 2.24) is 5.09 Å². The van der Waals surface area contributed by atoms with E-state index in [1.807, 2.05) is 0 Å². The Bertz CT molecular complexity index is 461. The van der Waals surface area contributed by atoms with Crippen molar-refractivity contribution in [3.05, 3.63) is 39.7 Å². The Morgan fingerprint density at radius 2 is 2.12 bits per heavy atom. The van der Waals surface area contributed by atoms with Crippen LogP contribution in [0.5, 0.6) is 0 Å². The average Bonchev–Trinajstić information content (AvgIpc) is 2.13. The fourth-order valence-corrected chi connectivity index (χ4v) is 1.45. The molecule has 9 heteroatoms. The van der Waals surface area contributed by atoms with Crippen molar-refractivity contribution in [2.24, 2.45) is 11.0 Å². The number of halogens is 1. The van der Waals surface area contributed by atoms with Gasteiger partial charge in [-0.1, -0.05) is 6.07 Å². The number of nitrogens with two attached hydrogens (primary N) is 2. The van der Waals surface area contributed by atoms with Crippen LogP contribution in [0.15, 0.2) is 18.2 Å². The maximum atomic E-state index is 13.1. The number of hydrogen-bond donors (Lipinski definition) is 3. The van der Waals surface area contributed by atoms with Crippen molar-refractivity contribution < 1.29 is 13.9 Å². The Labute approximate surface area is 90.3 Å². The predicted molar refractivity (Wildman–Crippen MR) is 55.9 cm³/mol. The van der Waals surface area contributed by atoms with E-state index >= 15 is 0 Å². The number of benzene rings is 1. The first-order valence-corrected chi connectivity index (χ1v) is 5.99. The third-order valence-corrected chi connectivity index (χ3v) is 2.39. The lowest BCUT2D eigenvalue weighted by Crippen LogP contribution is -2.21. The van der Waals surface area contributed by atoms with Gasteiger partial charge < -0.3 is 0 Å². The van der Waals surface area contributed by atoms with Crippen molar-refractivity contribution in [2.45, 2.75) is 6.54 Å². The first-order valence-electron chi connectivity index (χ1n) is 4.15. The van der Waals surface area contributed by atoms with Crippen molar-refractivity contribution in [2.75, 3.05) is 0 Å². The van der Waals surface area contributed by atoms with Crippen LogP contribution < -0.4 is 16.1 Å². The molecule has 0 atom stereocenters. The minimum absolute atomic E-state index is 0.0286. The maximum absolute atomic E-state index is 13.1. The van der Waals surface area contributed by atoms with E-state index in [9.17, 15) is 19.1 Å². The maximum Gasteiger partial charge on any atom is 0.304 e. The first-order chi connectivity index (χ1) is 7.29. The lowest BCUT2D eigenvalue weighted by atomic mass is 10.2. The van der Waals surface area contributed by atoms with Crippen LogP contribution in [0.2, 0.25) is 0 Å². The molecule has 0 heterocycles. The van der Waals surface area contributed by atoms with Gasteiger partial charge in [-0.05, 0) is 11.6 Å². The van der Waals surface area contributed by atoms with Crippen LogP contribution >= 0.6 is 7.59 Å². The molecule has 0 saturated carbocycles. The van der Waals surface area contributed by atoms with Gasteiger partial charge in [0, 0.05) is 12.6 Å². The van der Waals surface area contributed by atoms with Gasteiger partial charge in [0.05, 0.1) is 4.92 Å². The zero-order valence-electron chi connectivity index (χ0n) is 8.09. The third-order valence-electron chi connectivity index (χ3n) is 1.74. The van der Waals surface area contributed by atoms with Crippen LogP contribution in [0, 0.1) is 15.9 Å². The highest BCUT2D eigenvalue weighted by Crippen LogP contribution is 2.21. The molecule has 16 heavy (non-hydrogen) atoms. The van der Waals surface area contributed by atoms with E-state index in [1.165, 1.54) is 6.07 Å². The number of nitro benzene ring substituents is 1. The van der Waals surface area contributed by atoms with E-state index in [-0.39, 0.29) is 6.54 Å². The van der Waals surface area contributed by atoms with Gasteiger partial charge in [0.2, 0.25) is 5.82 Å². The average molecular weight is 248 g/mol. The van der Waals surface area contributed by atoms with E-state index in [4.69, 9.17) is 11.0 Å². The number of rotatable bonds is 4. The van der Waals surface area contributed by atoms with Crippen molar-refractivity contribution in [1.29, 1.82) is 0 Å². The molecule has 0 bridgehead atoms. The van der Waals surface area contributed by atoms with Gasteiger partial charge in [-0.3, -0.25) is 25.7 Å². The summed E-state index contributed by atoms with van der Waals surface area (Å²) in [5.41, 5.74) is 9.78. The molecule has 7 nitrogen and oxygen atoms in total. The number of nitrogens with zero attached hydrogens (tertiary/aromatic N) is 1. The molecule has 0 saturated heterocycles. The molecule has 88 valence electrons. The Hall–Kier alpha value is -1.34. The molecule has 0 radical (unpaired) electrons. The molecular weight excluding hydrogens is 238 g/mol. The van der Waals surface area contributed by atoms with E-state index in [1.54, 1.807) is 0 Å². The molecule has 0 aliphatic carbocycles. The number of hydrogen-bond acceptors (Lipinski definition) is 3. The smallest absolute Gasteiger partial charge is 0.271 e. The predicted octanol–water partition coefficient (Wildman–Crippen LogP) is 0.849. The second-order valence-corrected chi connectivity index (χ2v) is 4.82. The summed E-state index contributed by atoms with van der Waals surface area (Å²) in [6.45, 7) is -0.0286.